The van der Waals surface area contributed by atoms with E-state index in [2.05, 4.69) is 4.98 Å². The SMILES string of the molecule is CCc1nc2ccc(Cl)cn2c1C(=O)N1CCC(C(N)=O)CC1. The molecule has 1 aliphatic rings. The van der Waals surface area contributed by atoms with Gasteiger partial charge in [-0.1, -0.05) is 18.5 Å². The number of amides is 2. The number of pyridine rings is 1. The van der Waals surface area contributed by atoms with Crippen LogP contribution in [0.15, 0.2) is 18.3 Å². The van der Waals surface area contributed by atoms with Gasteiger partial charge < -0.3 is 10.6 Å². The second kappa shape index (κ2) is 6.20. The fourth-order valence-corrected chi connectivity index (χ4v) is 3.22. The first-order valence-electron chi connectivity index (χ1n) is 7.76. The Kier molecular flexibility index (Phi) is 4.26. The van der Waals surface area contributed by atoms with Crippen molar-refractivity contribution in [3.05, 3.63) is 34.7 Å². The minimum Gasteiger partial charge on any atom is -0.369 e. The molecular weight excluding hydrogens is 316 g/mol. The number of halogens is 1. The number of carbonyl (C=O) groups is 2. The molecule has 2 N–H and O–H groups in total. The first-order valence-corrected chi connectivity index (χ1v) is 8.14. The number of primary amides is 1. The molecule has 1 saturated heterocycles. The summed E-state index contributed by atoms with van der Waals surface area (Å²) in [5.74, 6) is -0.492. The van der Waals surface area contributed by atoms with E-state index in [0.29, 0.717) is 48.7 Å². The van der Waals surface area contributed by atoms with Gasteiger partial charge in [0, 0.05) is 25.2 Å². The van der Waals surface area contributed by atoms with Crippen molar-refractivity contribution in [3.8, 4) is 0 Å². The molecule has 3 rings (SSSR count). The van der Waals surface area contributed by atoms with Crippen molar-refractivity contribution in [2.45, 2.75) is 26.2 Å². The van der Waals surface area contributed by atoms with Crippen LogP contribution in [-0.2, 0) is 11.2 Å². The third kappa shape index (κ3) is 2.91. The van der Waals surface area contributed by atoms with E-state index in [1.165, 1.54) is 0 Å². The van der Waals surface area contributed by atoms with Crippen LogP contribution in [0.1, 0.15) is 35.9 Å². The molecule has 2 amide bonds. The van der Waals surface area contributed by atoms with Crippen molar-refractivity contribution in [2.24, 2.45) is 11.7 Å². The van der Waals surface area contributed by atoms with Crippen molar-refractivity contribution < 1.29 is 9.59 Å². The van der Waals surface area contributed by atoms with E-state index in [-0.39, 0.29) is 17.7 Å². The lowest BCUT2D eigenvalue weighted by Gasteiger charge is -2.30. The number of hydrogen-bond donors (Lipinski definition) is 1. The van der Waals surface area contributed by atoms with Crippen LogP contribution in [0.25, 0.3) is 5.65 Å². The summed E-state index contributed by atoms with van der Waals surface area (Å²) in [5, 5.41) is 0.555. The number of rotatable bonds is 3. The zero-order valence-corrected chi connectivity index (χ0v) is 13.7. The number of fused-ring (bicyclic) bond motifs is 1. The van der Waals surface area contributed by atoms with Crippen LogP contribution >= 0.6 is 11.6 Å². The highest BCUT2D eigenvalue weighted by molar-refractivity contribution is 6.30. The van der Waals surface area contributed by atoms with E-state index >= 15 is 0 Å². The fraction of sp³-hybridized carbons (Fsp3) is 0.438. The molecule has 0 unspecified atom stereocenters. The van der Waals surface area contributed by atoms with Crippen LogP contribution < -0.4 is 5.73 Å². The van der Waals surface area contributed by atoms with Gasteiger partial charge in [0.1, 0.15) is 11.3 Å². The normalized spacial score (nSPS) is 16.0. The average Bonchev–Trinajstić information content (AvgIpc) is 2.91. The predicted octanol–water partition coefficient (Wildman–Crippen LogP) is 1.89. The van der Waals surface area contributed by atoms with Gasteiger partial charge in [0.15, 0.2) is 0 Å². The van der Waals surface area contributed by atoms with E-state index in [0.717, 1.165) is 5.69 Å². The summed E-state index contributed by atoms with van der Waals surface area (Å²) >= 11 is 6.06. The second-order valence-corrected chi connectivity index (χ2v) is 6.24. The summed E-state index contributed by atoms with van der Waals surface area (Å²) in [4.78, 5) is 30.5. The van der Waals surface area contributed by atoms with Gasteiger partial charge in [-0.2, -0.15) is 0 Å². The molecule has 0 atom stereocenters. The first kappa shape index (κ1) is 15.8. The maximum absolute atomic E-state index is 12.9. The molecule has 0 bridgehead atoms. The molecule has 3 heterocycles. The maximum Gasteiger partial charge on any atom is 0.272 e. The van der Waals surface area contributed by atoms with E-state index in [1.54, 1.807) is 27.6 Å². The zero-order chi connectivity index (χ0) is 16.6. The Morgan fingerprint density at radius 2 is 2.04 bits per heavy atom. The molecule has 0 spiro atoms. The number of aromatic nitrogens is 2. The number of hydrogen-bond acceptors (Lipinski definition) is 3. The molecule has 0 aromatic carbocycles. The third-order valence-electron chi connectivity index (χ3n) is 4.38. The smallest absolute Gasteiger partial charge is 0.272 e. The molecule has 0 aliphatic carbocycles. The van der Waals surface area contributed by atoms with Gasteiger partial charge in [0.2, 0.25) is 5.91 Å². The second-order valence-electron chi connectivity index (χ2n) is 5.81. The van der Waals surface area contributed by atoms with Crippen LogP contribution in [-0.4, -0.2) is 39.2 Å². The van der Waals surface area contributed by atoms with E-state index in [1.807, 2.05) is 6.92 Å². The van der Waals surface area contributed by atoms with Gasteiger partial charge in [-0.15, -0.1) is 0 Å². The summed E-state index contributed by atoms with van der Waals surface area (Å²) in [7, 11) is 0. The van der Waals surface area contributed by atoms with Crippen LogP contribution in [0.2, 0.25) is 5.02 Å². The van der Waals surface area contributed by atoms with Crippen molar-refractivity contribution >= 4 is 29.1 Å². The Morgan fingerprint density at radius 1 is 1.35 bits per heavy atom. The molecule has 1 aliphatic heterocycles. The summed E-state index contributed by atoms with van der Waals surface area (Å²) in [6, 6.07) is 3.56. The number of carbonyl (C=O) groups excluding carboxylic acids is 2. The van der Waals surface area contributed by atoms with Crippen molar-refractivity contribution in [2.75, 3.05) is 13.1 Å². The molecular formula is C16H19ClN4O2. The lowest BCUT2D eigenvalue weighted by molar-refractivity contribution is -0.123. The van der Waals surface area contributed by atoms with E-state index in [9.17, 15) is 9.59 Å². The van der Waals surface area contributed by atoms with Gasteiger partial charge in [0.25, 0.3) is 5.91 Å². The molecule has 122 valence electrons. The standard InChI is InChI=1S/C16H19ClN4O2/c1-2-12-14(21-9-11(17)3-4-13(21)19-12)16(23)20-7-5-10(6-8-20)15(18)22/h3-4,9-10H,2,5-8H2,1H3,(H2,18,22). The Morgan fingerprint density at radius 3 is 2.65 bits per heavy atom. The monoisotopic (exact) mass is 334 g/mol. The number of likely N-dealkylation sites (tertiary alicyclic amines) is 1. The number of nitrogens with two attached hydrogens (primary N) is 1. The summed E-state index contributed by atoms with van der Waals surface area (Å²) in [6.07, 6.45) is 3.60. The summed E-state index contributed by atoms with van der Waals surface area (Å²) < 4.78 is 1.75. The highest BCUT2D eigenvalue weighted by Crippen LogP contribution is 2.22. The van der Waals surface area contributed by atoms with Gasteiger partial charge >= 0.3 is 0 Å². The highest BCUT2D eigenvalue weighted by Gasteiger charge is 2.29. The van der Waals surface area contributed by atoms with Crippen molar-refractivity contribution in [1.29, 1.82) is 0 Å². The Bertz CT molecular complexity index is 763. The lowest BCUT2D eigenvalue weighted by atomic mass is 9.96. The van der Waals surface area contributed by atoms with E-state index < -0.39 is 0 Å². The molecule has 7 heteroatoms. The number of nitrogens with zero attached hydrogens (tertiary/aromatic N) is 3. The van der Waals surface area contributed by atoms with Crippen LogP contribution in [0.5, 0.6) is 0 Å². The summed E-state index contributed by atoms with van der Waals surface area (Å²) in [6.45, 7) is 3.03. The molecule has 2 aromatic rings. The Labute approximate surface area is 139 Å². The van der Waals surface area contributed by atoms with E-state index in [4.69, 9.17) is 17.3 Å². The summed E-state index contributed by atoms with van der Waals surface area (Å²) in [5.41, 5.74) is 7.38. The number of aryl methyl sites for hydroxylation is 1. The Hall–Kier alpha value is -2.08. The first-order chi connectivity index (χ1) is 11.0. The van der Waals surface area contributed by atoms with Crippen LogP contribution in [0, 0.1) is 5.92 Å². The quantitative estimate of drug-likeness (QED) is 0.930. The largest absolute Gasteiger partial charge is 0.369 e. The molecule has 2 aromatic heterocycles. The van der Waals surface area contributed by atoms with Crippen LogP contribution in [0.4, 0.5) is 0 Å². The molecule has 23 heavy (non-hydrogen) atoms. The number of imidazole rings is 1. The number of piperidine rings is 1. The lowest BCUT2D eigenvalue weighted by Crippen LogP contribution is -2.42. The fourth-order valence-electron chi connectivity index (χ4n) is 3.06. The average molecular weight is 335 g/mol. The minimum absolute atomic E-state index is 0.0699. The third-order valence-corrected chi connectivity index (χ3v) is 4.60. The highest BCUT2D eigenvalue weighted by atomic mass is 35.5. The molecule has 0 radical (unpaired) electrons. The predicted molar refractivity (Wildman–Crippen MR) is 87.4 cm³/mol. The van der Waals surface area contributed by atoms with Crippen molar-refractivity contribution in [3.63, 3.8) is 0 Å². The molecule has 0 saturated carbocycles. The van der Waals surface area contributed by atoms with Gasteiger partial charge in [-0.25, -0.2) is 4.98 Å². The molecule has 1 fully saturated rings. The minimum atomic E-state index is -0.284. The molecule has 6 nitrogen and oxygen atoms in total. The van der Waals surface area contributed by atoms with Gasteiger partial charge in [0.05, 0.1) is 10.7 Å². The Balaban J connectivity index is 1.92. The van der Waals surface area contributed by atoms with Gasteiger partial charge in [-0.05, 0) is 31.4 Å². The van der Waals surface area contributed by atoms with Crippen LogP contribution in [0.3, 0.4) is 0 Å². The topological polar surface area (TPSA) is 80.7 Å². The maximum atomic E-state index is 12.9. The van der Waals surface area contributed by atoms with Crippen molar-refractivity contribution in [1.82, 2.24) is 14.3 Å². The van der Waals surface area contributed by atoms with Gasteiger partial charge in [-0.3, -0.25) is 14.0 Å². The zero-order valence-electron chi connectivity index (χ0n) is 13.0.